The second-order valence-corrected chi connectivity index (χ2v) is 8.02. The molecule has 3 rings (SSSR count). The Balaban J connectivity index is 1.56. The average molecular weight is 359 g/mol. The Kier molecular flexibility index (Phi) is 4.89. The summed E-state index contributed by atoms with van der Waals surface area (Å²) in [4.78, 5) is 42.3. The van der Waals surface area contributed by atoms with Crippen LogP contribution in [0.3, 0.4) is 0 Å². The second kappa shape index (κ2) is 6.97. The number of carbonyl (C=O) groups is 2. The molecule has 1 aromatic carbocycles. The molecule has 1 aromatic heterocycles. The fourth-order valence-electron chi connectivity index (χ4n) is 3.17. The summed E-state index contributed by atoms with van der Waals surface area (Å²) in [5, 5.41) is 0. The van der Waals surface area contributed by atoms with Crippen molar-refractivity contribution in [1.82, 2.24) is 14.8 Å². The maximum atomic E-state index is 12.5. The molecule has 1 N–H and O–H groups in total. The Morgan fingerprint density at radius 3 is 2.31 bits per heavy atom. The highest BCUT2D eigenvalue weighted by atomic mass is 16.4. The van der Waals surface area contributed by atoms with E-state index >= 15 is 0 Å². The van der Waals surface area contributed by atoms with E-state index in [9.17, 15) is 14.4 Å². The van der Waals surface area contributed by atoms with Gasteiger partial charge in [0.25, 0.3) is 0 Å². The lowest BCUT2D eigenvalue weighted by molar-refractivity contribution is -0.140. The van der Waals surface area contributed by atoms with Gasteiger partial charge in [-0.1, -0.05) is 26.8 Å². The largest absolute Gasteiger partial charge is 0.417 e. The fourth-order valence-corrected chi connectivity index (χ4v) is 3.17. The maximum absolute atomic E-state index is 12.5. The monoisotopic (exact) mass is 359 g/mol. The minimum Gasteiger partial charge on any atom is -0.408 e. The van der Waals surface area contributed by atoms with Crippen LogP contribution in [-0.4, -0.2) is 52.8 Å². The van der Waals surface area contributed by atoms with Crippen molar-refractivity contribution in [2.75, 3.05) is 26.2 Å². The number of amides is 2. The number of piperazine rings is 1. The number of aromatic nitrogens is 1. The summed E-state index contributed by atoms with van der Waals surface area (Å²) < 4.78 is 4.97. The van der Waals surface area contributed by atoms with Crippen LogP contribution in [0.4, 0.5) is 0 Å². The molecule has 0 spiro atoms. The number of H-pyrrole nitrogens is 1. The van der Waals surface area contributed by atoms with Crippen molar-refractivity contribution >= 4 is 22.9 Å². The third kappa shape index (κ3) is 4.33. The van der Waals surface area contributed by atoms with Crippen molar-refractivity contribution in [1.29, 1.82) is 0 Å². The number of rotatable bonds is 3. The number of fused-ring (bicyclic) bond motifs is 1. The van der Waals surface area contributed by atoms with Crippen molar-refractivity contribution in [2.24, 2.45) is 5.41 Å². The summed E-state index contributed by atoms with van der Waals surface area (Å²) in [6, 6.07) is 5.25. The molecule has 1 saturated heterocycles. The molecule has 140 valence electrons. The lowest BCUT2D eigenvalue weighted by Gasteiger charge is -2.36. The van der Waals surface area contributed by atoms with E-state index in [4.69, 9.17) is 4.42 Å². The number of nitrogens with zero attached hydrogens (tertiary/aromatic N) is 2. The van der Waals surface area contributed by atoms with Gasteiger partial charge in [-0.25, -0.2) is 4.79 Å². The van der Waals surface area contributed by atoms with E-state index in [0.29, 0.717) is 43.7 Å². The third-order valence-electron chi connectivity index (χ3n) is 4.51. The Hall–Kier alpha value is -2.57. The number of carbonyl (C=O) groups excluding carboxylic acids is 2. The zero-order valence-corrected chi connectivity index (χ0v) is 15.5. The van der Waals surface area contributed by atoms with Gasteiger partial charge in [-0.3, -0.25) is 14.6 Å². The smallest absolute Gasteiger partial charge is 0.408 e. The molecular formula is C19H25N3O4. The molecule has 0 saturated carbocycles. The standard InChI is InChI=1S/C19H25N3O4/c1-19(2,3)12-17(24)22-8-6-21(7-9-22)16(23)11-13-4-5-15-14(10-13)20-18(25)26-15/h4-5,10H,6-9,11-12H2,1-3H3,(H,20,25). The summed E-state index contributed by atoms with van der Waals surface area (Å²) in [5.41, 5.74) is 1.87. The summed E-state index contributed by atoms with van der Waals surface area (Å²) in [7, 11) is 0. The molecular weight excluding hydrogens is 334 g/mol. The predicted octanol–water partition coefficient (Wildman–Crippen LogP) is 1.77. The van der Waals surface area contributed by atoms with Gasteiger partial charge in [0.1, 0.15) is 0 Å². The Bertz CT molecular complexity index is 867. The zero-order valence-electron chi connectivity index (χ0n) is 15.5. The van der Waals surface area contributed by atoms with E-state index in [1.165, 1.54) is 0 Å². The molecule has 0 radical (unpaired) electrons. The quantitative estimate of drug-likeness (QED) is 0.905. The third-order valence-corrected chi connectivity index (χ3v) is 4.51. The van der Waals surface area contributed by atoms with Gasteiger partial charge in [0.2, 0.25) is 11.8 Å². The highest BCUT2D eigenvalue weighted by Crippen LogP contribution is 2.20. The van der Waals surface area contributed by atoms with Gasteiger partial charge in [0.15, 0.2) is 5.58 Å². The first kappa shape index (κ1) is 18.2. The first-order valence-corrected chi connectivity index (χ1v) is 8.88. The van der Waals surface area contributed by atoms with Gasteiger partial charge in [-0.15, -0.1) is 0 Å². The van der Waals surface area contributed by atoms with Gasteiger partial charge in [0, 0.05) is 32.6 Å². The van der Waals surface area contributed by atoms with Gasteiger partial charge in [-0.2, -0.15) is 0 Å². The average Bonchev–Trinajstić information content (AvgIpc) is 2.92. The molecule has 0 aliphatic carbocycles. The molecule has 2 heterocycles. The van der Waals surface area contributed by atoms with Crippen molar-refractivity contribution in [3.63, 3.8) is 0 Å². The summed E-state index contributed by atoms with van der Waals surface area (Å²) in [6.45, 7) is 8.42. The molecule has 0 bridgehead atoms. The van der Waals surface area contributed by atoms with E-state index in [1.807, 2.05) is 4.90 Å². The predicted molar refractivity (Wildman–Crippen MR) is 97.8 cm³/mol. The number of benzene rings is 1. The van der Waals surface area contributed by atoms with Gasteiger partial charge < -0.3 is 14.2 Å². The Morgan fingerprint density at radius 2 is 1.69 bits per heavy atom. The highest BCUT2D eigenvalue weighted by molar-refractivity contribution is 5.82. The van der Waals surface area contributed by atoms with Crippen molar-refractivity contribution < 1.29 is 14.0 Å². The maximum Gasteiger partial charge on any atom is 0.417 e. The van der Waals surface area contributed by atoms with Crippen LogP contribution in [0.5, 0.6) is 0 Å². The Labute approximate surface area is 152 Å². The zero-order chi connectivity index (χ0) is 18.9. The van der Waals surface area contributed by atoms with E-state index in [0.717, 1.165) is 5.56 Å². The van der Waals surface area contributed by atoms with Gasteiger partial charge in [0.05, 0.1) is 11.9 Å². The summed E-state index contributed by atoms with van der Waals surface area (Å²) in [6.07, 6.45) is 0.781. The van der Waals surface area contributed by atoms with Crippen molar-refractivity contribution in [3.05, 3.63) is 34.3 Å². The molecule has 2 aromatic rings. The number of oxazole rings is 1. The van der Waals surface area contributed by atoms with Gasteiger partial charge in [-0.05, 0) is 23.1 Å². The van der Waals surface area contributed by atoms with Crippen LogP contribution < -0.4 is 5.76 Å². The van der Waals surface area contributed by atoms with Crippen LogP contribution >= 0.6 is 0 Å². The molecule has 1 aliphatic heterocycles. The minimum atomic E-state index is -0.500. The fraction of sp³-hybridized carbons (Fsp3) is 0.526. The first-order chi connectivity index (χ1) is 12.2. The molecule has 7 heteroatoms. The molecule has 26 heavy (non-hydrogen) atoms. The van der Waals surface area contributed by atoms with E-state index in [-0.39, 0.29) is 23.7 Å². The second-order valence-electron chi connectivity index (χ2n) is 8.02. The van der Waals surface area contributed by atoms with E-state index in [2.05, 4.69) is 25.8 Å². The van der Waals surface area contributed by atoms with Crippen LogP contribution in [-0.2, 0) is 16.0 Å². The van der Waals surface area contributed by atoms with Crippen LogP contribution in [0.2, 0.25) is 0 Å². The molecule has 0 atom stereocenters. The van der Waals surface area contributed by atoms with Crippen LogP contribution in [0, 0.1) is 5.41 Å². The van der Waals surface area contributed by atoms with E-state index in [1.54, 1.807) is 23.1 Å². The molecule has 7 nitrogen and oxygen atoms in total. The number of hydrogen-bond acceptors (Lipinski definition) is 4. The van der Waals surface area contributed by atoms with E-state index < -0.39 is 5.76 Å². The first-order valence-electron chi connectivity index (χ1n) is 8.88. The summed E-state index contributed by atoms with van der Waals surface area (Å²) >= 11 is 0. The molecule has 1 aliphatic rings. The molecule has 0 unspecified atom stereocenters. The topological polar surface area (TPSA) is 86.6 Å². The van der Waals surface area contributed by atoms with Gasteiger partial charge >= 0.3 is 5.76 Å². The SMILES string of the molecule is CC(C)(C)CC(=O)N1CCN(C(=O)Cc2ccc3oc(=O)[nH]c3c2)CC1. The lowest BCUT2D eigenvalue weighted by atomic mass is 9.91. The number of hydrogen-bond donors (Lipinski definition) is 1. The minimum absolute atomic E-state index is 0.0260. The molecule has 1 fully saturated rings. The summed E-state index contributed by atoms with van der Waals surface area (Å²) in [5.74, 6) is -0.323. The van der Waals surface area contributed by atoms with Crippen molar-refractivity contribution in [3.8, 4) is 0 Å². The van der Waals surface area contributed by atoms with Crippen LogP contribution in [0.25, 0.3) is 11.1 Å². The van der Waals surface area contributed by atoms with Crippen LogP contribution in [0.1, 0.15) is 32.8 Å². The number of aromatic amines is 1. The Morgan fingerprint density at radius 1 is 1.08 bits per heavy atom. The molecule has 2 amide bonds. The highest BCUT2D eigenvalue weighted by Gasteiger charge is 2.26. The normalized spacial score (nSPS) is 15.5. The van der Waals surface area contributed by atoms with Crippen molar-refractivity contribution in [2.45, 2.75) is 33.6 Å². The lowest BCUT2D eigenvalue weighted by Crippen LogP contribution is -2.51. The number of nitrogens with one attached hydrogen (secondary N) is 1. The van der Waals surface area contributed by atoms with Crippen LogP contribution in [0.15, 0.2) is 27.4 Å².